The third-order valence-electron chi connectivity index (χ3n) is 4.04. The van der Waals surface area contributed by atoms with Crippen LogP contribution in [0.25, 0.3) is 0 Å². The molecule has 3 heteroatoms. The molecule has 1 spiro atoms. The molecular weight excluding hydrogens is 186 g/mol. The van der Waals surface area contributed by atoms with Crippen LogP contribution in [0.3, 0.4) is 0 Å². The van der Waals surface area contributed by atoms with Gasteiger partial charge in [0.05, 0.1) is 12.1 Å². The zero-order chi connectivity index (χ0) is 10.9. The third-order valence-corrected chi connectivity index (χ3v) is 4.04. The van der Waals surface area contributed by atoms with Crippen LogP contribution in [0.4, 0.5) is 0 Å². The minimum absolute atomic E-state index is 0.298. The van der Waals surface area contributed by atoms with E-state index in [1.165, 1.54) is 25.7 Å². The Morgan fingerprint density at radius 3 is 2.73 bits per heavy atom. The highest BCUT2D eigenvalue weighted by Crippen LogP contribution is 2.39. The molecule has 2 N–H and O–H groups in total. The van der Waals surface area contributed by atoms with Crippen molar-refractivity contribution in [3.8, 4) is 0 Å². The van der Waals surface area contributed by atoms with Crippen LogP contribution in [0.5, 0.6) is 0 Å². The van der Waals surface area contributed by atoms with Crippen LogP contribution in [-0.4, -0.2) is 29.5 Å². The summed E-state index contributed by atoms with van der Waals surface area (Å²) in [6.45, 7) is 6.58. The lowest BCUT2D eigenvalue weighted by Gasteiger charge is -2.43. The van der Waals surface area contributed by atoms with Crippen molar-refractivity contribution in [3.05, 3.63) is 0 Å². The Morgan fingerprint density at radius 2 is 2.13 bits per heavy atom. The Morgan fingerprint density at radius 1 is 1.47 bits per heavy atom. The topological polar surface area (TPSA) is 41.6 Å². The van der Waals surface area contributed by atoms with E-state index in [2.05, 4.69) is 23.7 Å². The van der Waals surface area contributed by atoms with Gasteiger partial charge < -0.3 is 10.6 Å². The normalized spacial score (nSPS) is 36.0. The maximum Gasteiger partial charge on any atom is 0.191 e. The van der Waals surface area contributed by atoms with Gasteiger partial charge in [0.25, 0.3) is 0 Å². The summed E-state index contributed by atoms with van der Waals surface area (Å²) < 4.78 is 0. The quantitative estimate of drug-likeness (QED) is 0.755. The molecule has 0 aromatic heterocycles. The Hall–Kier alpha value is -0.730. The van der Waals surface area contributed by atoms with Crippen molar-refractivity contribution in [1.29, 1.82) is 0 Å². The number of aliphatic imine (C=N–C) groups is 1. The molecule has 1 saturated carbocycles. The molecule has 2 rings (SSSR count). The van der Waals surface area contributed by atoms with Gasteiger partial charge in [0.1, 0.15) is 0 Å². The largest absolute Gasteiger partial charge is 0.370 e. The van der Waals surface area contributed by atoms with Crippen LogP contribution < -0.4 is 5.73 Å². The lowest BCUT2D eigenvalue weighted by molar-refractivity contribution is 0.121. The minimum Gasteiger partial charge on any atom is -0.370 e. The number of guanidine groups is 1. The van der Waals surface area contributed by atoms with Crippen LogP contribution >= 0.6 is 0 Å². The summed E-state index contributed by atoms with van der Waals surface area (Å²) in [5, 5.41) is 0. The maximum absolute atomic E-state index is 5.98. The summed E-state index contributed by atoms with van der Waals surface area (Å²) in [6, 6.07) is 0. The lowest BCUT2D eigenvalue weighted by Crippen LogP contribution is -2.53. The monoisotopic (exact) mass is 209 g/mol. The van der Waals surface area contributed by atoms with Gasteiger partial charge in [0.2, 0.25) is 0 Å². The molecule has 0 saturated heterocycles. The van der Waals surface area contributed by atoms with E-state index in [4.69, 9.17) is 5.73 Å². The molecule has 0 aromatic rings. The summed E-state index contributed by atoms with van der Waals surface area (Å²) >= 11 is 0. The molecule has 1 heterocycles. The predicted octanol–water partition coefficient (Wildman–Crippen LogP) is 1.98. The van der Waals surface area contributed by atoms with Crippen molar-refractivity contribution in [2.45, 2.75) is 51.5 Å². The van der Waals surface area contributed by atoms with Gasteiger partial charge in [-0.2, -0.15) is 0 Å². The van der Waals surface area contributed by atoms with E-state index >= 15 is 0 Å². The van der Waals surface area contributed by atoms with Crippen molar-refractivity contribution in [3.63, 3.8) is 0 Å². The standard InChI is InChI=1S/C12H23N3/c1-3-8-15-11(13)14-9-12(15)6-4-10(2)5-7-12/h10H,3-9H2,1-2H3,(H2,13,14). The van der Waals surface area contributed by atoms with Crippen LogP contribution in [0.2, 0.25) is 0 Å². The first kappa shape index (κ1) is 10.8. The summed E-state index contributed by atoms with van der Waals surface area (Å²) in [5.74, 6) is 1.67. The Balaban J connectivity index is 2.08. The molecule has 0 bridgehead atoms. The average molecular weight is 209 g/mol. The maximum atomic E-state index is 5.98. The summed E-state index contributed by atoms with van der Waals surface area (Å²) in [4.78, 5) is 6.83. The van der Waals surface area contributed by atoms with Gasteiger partial charge in [-0.3, -0.25) is 4.99 Å². The molecule has 86 valence electrons. The highest BCUT2D eigenvalue weighted by atomic mass is 15.4. The second kappa shape index (κ2) is 4.03. The summed E-state index contributed by atoms with van der Waals surface area (Å²) in [7, 11) is 0. The minimum atomic E-state index is 0.298. The van der Waals surface area contributed by atoms with Crippen molar-refractivity contribution in [1.82, 2.24) is 4.90 Å². The van der Waals surface area contributed by atoms with Gasteiger partial charge in [0, 0.05) is 6.54 Å². The highest BCUT2D eigenvalue weighted by molar-refractivity contribution is 5.81. The molecule has 2 aliphatic rings. The molecule has 0 radical (unpaired) electrons. The smallest absolute Gasteiger partial charge is 0.191 e. The molecule has 0 unspecified atom stereocenters. The van der Waals surface area contributed by atoms with Gasteiger partial charge in [-0.1, -0.05) is 13.8 Å². The van der Waals surface area contributed by atoms with Crippen LogP contribution in [-0.2, 0) is 0 Å². The second-order valence-electron chi connectivity index (χ2n) is 5.23. The number of hydrogen-bond acceptors (Lipinski definition) is 3. The van der Waals surface area contributed by atoms with Crippen molar-refractivity contribution in [2.75, 3.05) is 13.1 Å². The second-order valence-corrected chi connectivity index (χ2v) is 5.23. The molecule has 0 atom stereocenters. The summed E-state index contributed by atoms with van der Waals surface area (Å²) in [6.07, 6.45) is 6.39. The van der Waals surface area contributed by atoms with E-state index in [1.807, 2.05) is 0 Å². The van der Waals surface area contributed by atoms with E-state index in [0.29, 0.717) is 5.54 Å². The molecule has 3 nitrogen and oxygen atoms in total. The van der Waals surface area contributed by atoms with Crippen LogP contribution in [0, 0.1) is 5.92 Å². The van der Waals surface area contributed by atoms with Crippen molar-refractivity contribution >= 4 is 5.96 Å². The van der Waals surface area contributed by atoms with Crippen LogP contribution in [0.1, 0.15) is 46.0 Å². The first-order valence-electron chi connectivity index (χ1n) is 6.25. The zero-order valence-corrected chi connectivity index (χ0v) is 10.00. The van der Waals surface area contributed by atoms with Crippen LogP contribution in [0.15, 0.2) is 4.99 Å². The third kappa shape index (κ3) is 1.84. The van der Waals surface area contributed by atoms with E-state index < -0.39 is 0 Å². The number of nitrogens with two attached hydrogens (primary N) is 1. The van der Waals surface area contributed by atoms with Crippen molar-refractivity contribution in [2.24, 2.45) is 16.6 Å². The first-order valence-corrected chi connectivity index (χ1v) is 6.25. The van der Waals surface area contributed by atoms with E-state index in [1.54, 1.807) is 0 Å². The van der Waals surface area contributed by atoms with Gasteiger partial charge in [-0.15, -0.1) is 0 Å². The Kier molecular flexibility index (Phi) is 2.89. The lowest BCUT2D eigenvalue weighted by atomic mass is 9.76. The molecule has 0 aromatic carbocycles. The SMILES string of the molecule is CCCN1C(N)=NCC12CCC(C)CC2. The Bertz CT molecular complexity index is 252. The van der Waals surface area contributed by atoms with E-state index in [-0.39, 0.29) is 0 Å². The molecule has 0 amide bonds. The first-order chi connectivity index (χ1) is 7.18. The number of nitrogens with zero attached hydrogens (tertiary/aromatic N) is 2. The summed E-state index contributed by atoms with van der Waals surface area (Å²) in [5.41, 5.74) is 6.28. The van der Waals surface area contributed by atoms with Gasteiger partial charge in [-0.25, -0.2) is 0 Å². The fraction of sp³-hybridized carbons (Fsp3) is 0.917. The van der Waals surface area contributed by atoms with Crippen molar-refractivity contribution < 1.29 is 0 Å². The van der Waals surface area contributed by atoms with E-state index in [9.17, 15) is 0 Å². The molecular formula is C12H23N3. The number of rotatable bonds is 2. The Labute approximate surface area is 92.7 Å². The average Bonchev–Trinajstić information content (AvgIpc) is 2.53. The number of hydrogen-bond donors (Lipinski definition) is 1. The van der Waals surface area contributed by atoms with Gasteiger partial charge in [0.15, 0.2) is 5.96 Å². The molecule has 1 aliphatic carbocycles. The van der Waals surface area contributed by atoms with E-state index in [0.717, 1.165) is 31.4 Å². The van der Waals surface area contributed by atoms with Gasteiger partial charge in [-0.05, 0) is 38.0 Å². The predicted molar refractivity (Wildman–Crippen MR) is 63.8 cm³/mol. The fourth-order valence-electron chi connectivity index (χ4n) is 2.94. The molecule has 1 aliphatic heterocycles. The molecule has 1 fully saturated rings. The molecule has 15 heavy (non-hydrogen) atoms. The zero-order valence-electron chi connectivity index (χ0n) is 10.00. The fourth-order valence-corrected chi connectivity index (χ4v) is 2.94. The van der Waals surface area contributed by atoms with Gasteiger partial charge >= 0.3 is 0 Å². The highest BCUT2D eigenvalue weighted by Gasteiger charge is 2.43.